The van der Waals surface area contributed by atoms with Crippen LogP contribution in [0.1, 0.15) is 22.3 Å². The summed E-state index contributed by atoms with van der Waals surface area (Å²) in [6.45, 7) is 4.01. The van der Waals surface area contributed by atoms with E-state index in [1.807, 2.05) is 20.0 Å². The van der Waals surface area contributed by atoms with Crippen LogP contribution in [0.2, 0.25) is 0 Å². The number of aldehydes is 1. The highest BCUT2D eigenvalue weighted by Crippen LogP contribution is 2.16. The summed E-state index contributed by atoms with van der Waals surface area (Å²) in [5.41, 5.74) is 1.68. The number of hydrogen-bond acceptors (Lipinski definition) is 4. The summed E-state index contributed by atoms with van der Waals surface area (Å²) in [5, 5.41) is 0. The molecule has 0 radical (unpaired) electrons. The lowest BCUT2D eigenvalue weighted by Gasteiger charge is -2.21. The van der Waals surface area contributed by atoms with E-state index in [2.05, 4.69) is 28.9 Å². The predicted octanol–water partition coefficient (Wildman–Crippen LogP) is 1.59. The van der Waals surface area contributed by atoms with Crippen molar-refractivity contribution in [2.45, 2.75) is 13.3 Å². The molecule has 4 nitrogen and oxygen atoms in total. The van der Waals surface area contributed by atoms with E-state index in [0.717, 1.165) is 37.2 Å². The van der Waals surface area contributed by atoms with Crippen LogP contribution < -0.4 is 4.90 Å². The third-order valence-corrected chi connectivity index (χ3v) is 2.67. The highest BCUT2D eigenvalue weighted by molar-refractivity contribution is 5.75. The molecule has 4 heteroatoms. The SMILES string of the molecule is Cc1cc(C=O)cnc1N(C)CCCN(C)C. The first-order valence-corrected chi connectivity index (χ1v) is 5.82. The summed E-state index contributed by atoms with van der Waals surface area (Å²) < 4.78 is 0. The minimum absolute atomic E-state index is 0.632. The number of nitrogens with zero attached hydrogens (tertiary/aromatic N) is 3. The summed E-state index contributed by atoms with van der Waals surface area (Å²) >= 11 is 0. The van der Waals surface area contributed by atoms with Crippen LogP contribution in [-0.2, 0) is 0 Å². The van der Waals surface area contributed by atoms with Gasteiger partial charge in [0.1, 0.15) is 5.82 Å². The van der Waals surface area contributed by atoms with E-state index in [1.54, 1.807) is 6.20 Å². The fourth-order valence-electron chi connectivity index (χ4n) is 1.78. The van der Waals surface area contributed by atoms with Crippen LogP contribution in [0.25, 0.3) is 0 Å². The molecule has 0 saturated heterocycles. The standard InChI is InChI=1S/C13H21N3O/c1-11-8-12(10-17)9-14-13(11)16(4)7-5-6-15(2)3/h8-10H,5-7H2,1-4H3. The quantitative estimate of drug-likeness (QED) is 0.702. The molecular weight excluding hydrogens is 214 g/mol. The van der Waals surface area contributed by atoms with E-state index < -0.39 is 0 Å². The molecule has 0 unspecified atom stereocenters. The second-order valence-corrected chi connectivity index (χ2v) is 4.61. The first-order chi connectivity index (χ1) is 8.04. The van der Waals surface area contributed by atoms with Gasteiger partial charge in [0.25, 0.3) is 0 Å². The van der Waals surface area contributed by atoms with Gasteiger partial charge in [0.15, 0.2) is 6.29 Å². The van der Waals surface area contributed by atoms with Crippen molar-refractivity contribution < 1.29 is 4.79 Å². The number of carbonyl (C=O) groups is 1. The van der Waals surface area contributed by atoms with Crippen molar-refractivity contribution in [1.29, 1.82) is 0 Å². The Balaban J connectivity index is 2.62. The van der Waals surface area contributed by atoms with Crippen molar-refractivity contribution in [1.82, 2.24) is 9.88 Å². The Bertz CT molecular complexity index is 377. The molecule has 1 aromatic heterocycles. The number of hydrogen-bond donors (Lipinski definition) is 0. The molecule has 0 atom stereocenters. The molecule has 0 N–H and O–H groups in total. The molecule has 0 aliphatic rings. The molecule has 0 aliphatic heterocycles. The van der Waals surface area contributed by atoms with Gasteiger partial charge in [0.05, 0.1) is 0 Å². The van der Waals surface area contributed by atoms with Crippen molar-refractivity contribution in [3.05, 3.63) is 23.4 Å². The van der Waals surface area contributed by atoms with E-state index in [4.69, 9.17) is 0 Å². The number of rotatable bonds is 6. The molecule has 1 heterocycles. The first-order valence-electron chi connectivity index (χ1n) is 5.82. The average Bonchev–Trinajstić information content (AvgIpc) is 2.28. The monoisotopic (exact) mass is 235 g/mol. The summed E-state index contributed by atoms with van der Waals surface area (Å²) in [6, 6.07) is 1.87. The minimum Gasteiger partial charge on any atom is -0.359 e. The Morgan fingerprint density at radius 3 is 2.53 bits per heavy atom. The molecule has 0 aromatic carbocycles. The lowest BCUT2D eigenvalue weighted by atomic mass is 10.2. The van der Waals surface area contributed by atoms with Crippen molar-refractivity contribution in [3.8, 4) is 0 Å². The summed E-state index contributed by atoms with van der Waals surface area (Å²) in [7, 11) is 6.18. The van der Waals surface area contributed by atoms with Crippen LogP contribution in [-0.4, -0.2) is 50.4 Å². The second-order valence-electron chi connectivity index (χ2n) is 4.61. The van der Waals surface area contributed by atoms with Crippen LogP contribution in [0.4, 0.5) is 5.82 Å². The van der Waals surface area contributed by atoms with E-state index in [0.29, 0.717) is 5.56 Å². The molecule has 0 saturated carbocycles. The molecule has 1 rings (SSSR count). The molecule has 94 valence electrons. The van der Waals surface area contributed by atoms with Crippen molar-refractivity contribution in [2.75, 3.05) is 39.1 Å². The highest BCUT2D eigenvalue weighted by Gasteiger charge is 2.06. The van der Waals surface area contributed by atoms with Crippen LogP contribution in [0, 0.1) is 6.92 Å². The third-order valence-electron chi connectivity index (χ3n) is 2.67. The minimum atomic E-state index is 0.632. The lowest BCUT2D eigenvalue weighted by Crippen LogP contribution is -2.24. The molecule has 0 bridgehead atoms. The molecular formula is C13H21N3O. The Kier molecular flexibility index (Phi) is 5.10. The van der Waals surface area contributed by atoms with Gasteiger partial charge in [-0.1, -0.05) is 0 Å². The summed E-state index contributed by atoms with van der Waals surface area (Å²) in [4.78, 5) is 19.3. The zero-order valence-corrected chi connectivity index (χ0v) is 11.1. The smallest absolute Gasteiger partial charge is 0.151 e. The fraction of sp³-hybridized carbons (Fsp3) is 0.538. The first kappa shape index (κ1) is 13.6. The lowest BCUT2D eigenvalue weighted by molar-refractivity contribution is 0.112. The molecule has 1 aromatic rings. The number of pyridine rings is 1. The molecule has 0 amide bonds. The van der Waals surface area contributed by atoms with Gasteiger partial charge >= 0.3 is 0 Å². The maximum atomic E-state index is 10.6. The van der Waals surface area contributed by atoms with Gasteiger partial charge in [-0.15, -0.1) is 0 Å². The number of carbonyl (C=O) groups excluding carboxylic acids is 1. The highest BCUT2D eigenvalue weighted by atomic mass is 16.1. The van der Waals surface area contributed by atoms with Crippen LogP contribution in [0.5, 0.6) is 0 Å². The van der Waals surface area contributed by atoms with E-state index >= 15 is 0 Å². The Hall–Kier alpha value is -1.42. The van der Waals surface area contributed by atoms with Gasteiger partial charge in [0, 0.05) is 25.4 Å². The molecule has 0 spiro atoms. The predicted molar refractivity (Wildman–Crippen MR) is 70.8 cm³/mol. The van der Waals surface area contributed by atoms with Crippen LogP contribution >= 0.6 is 0 Å². The second kappa shape index (κ2) is 6.35. The van der Waals surface area contributed by atoms with E-state index in [-0.39, 0.29) is 0 Å². The van der Waals surface area contributed by atoms with E-state index in [9.17, 15) is 4.79 Å². The zero-order valence-electron chi connectivity index (χ0n) is 11.1. The van der Waals surface area contributed by atoms with Gasteiger partial charge in [-0.3, -0.25) is 4.79 Å². The Labute approximate surface area is 103 Å². The van der Waals surface area contributed by atoms with Gasteiger partial charge in [-0.05, 0) is 45.6 Å². The number of aromatic nitrogens is 1. The Morgan fingerprint density at radius 1 is 1.29 bits per heavy atom. The van der Waals surface area contributed by atoms with Gasteiger partial charge in [0.2, 0.25) is 0 Å². The number of aryl methyl sites for hydroxylation is 1. The Morgan fingerprint density at radius 2 is 2.00 bits per heavy atom. The molecule has 17 heavy (non-hydrogen) atoms. The normalized spacial score (nSPS) is 10.6. The zero-order chi connectivity index (χ0) is 12.8. The van der Waals surface area contributed by atoms with Crippen molar-refractivity contribution in [3.63, 3.8) is 0 Å². The topological polar surface area (TPSA) is 36.4 Å². The van der Waals surface area contributed by atoms with Gasteiger partial charge in [-0.25, -0.2) is 4.98 Å². The summed E-state index contributed by atoms with van der Waals surface area (Å²) in [6.07, 6.45) is 3.55. The van der Waals surface area contributed by atoms with Crippen molar-refractivity contribution in [2.24, 2.45) is 0 Å². The maximum Gasteiger partial charge on any atom is 0.151 e. The van der Waals surface area contributed by atoms with Gasteiger partial charge in [-0.2, -0.15) is 0 Å². The fourth-order valence-corrected chi connectivity index (χ4v) is 1.78. The van der Waals surface area contributed by atoms with E-state index in [1.165, 1.54) is 0 Å². The average molecular weight is 235 g/mol. The molecule has 0 aliphatic carbocycles. The summed E-state index contributed by atoms with van der Waals surface area (Å²) in [5.74, 6) is 0.953. The third kappa shape index (κ3) is 4.15. The van der Waals surface area contributed by atoms with Gasteiger partial charge < -0.3 is 9.80 Å². The van der Waals surface area contributed by atoms with Crippen LogP contribution in [0.3, 0.4) is 0 Å². The maximum absolute atomic E-state index is 10.6. The molecule has 0 fully saturated rings. The largest absolute Gasteiger partial charge is 0.359 e. The van der Waals surface area contributed by atoms with Crippen LogP contribution in [0.15, 0.2) is 12.3 Å². The number of anilines is 1. The van der Waals surface area contributed by atoms with Crippen molar-refractivity contribution >= 4 is 12.1 Å².